The molecule has 2 aromatic carbocycles. The van der Waals surface area contributed by atoms with Gasteiger partial charge in [-0.1, -0.05) is 30.3 Å². The predicted octanol–water partition coefficient (Wildman–Crippen LogP) is 3.18. The Hall–Kier alpha value is -3.67. The summed E-state index contributed by atoms with van der Waals surface area (Å²) < 4.78 is 1.90. The number of nitrogens with one attached hydrogen (secondary N) is 2. The van der Waals surface area contributed by atoms with E-state index in [4.69, 9.17) is 0 Å². The van der Waals surface area contributed by atoms with Gasteiger partial charge in [0.1, 0.15) is 11.5 Å². The summed E-state index contributed by atoms with van der Waals surface area (Å²) in [5.41, 5.74) is 1.46. The number of rotatable bonds is 3. The van der Waals surface area contributed by atoms with E-state index in [2.05, 4.69) is 15.3 Å². The van der Waals surface area contributed by atoms with E-state index in [0.29, 0.717) is 11.1 Å². The van der Waals surface area contributed by atoms with Gasteiger partial charge in [0.15, 0.2) is 0 Å². The minimum atomic E-state index is -0.371. The third-order valence-corrected chi connectivity index (χ3v) is 4.20. The van der Waals surface area contributed by atoms with Gasteiger partial charge in [0.2, 0.25) is 0 Å². The number of carbonyl (C=O) groups is 1. The van der Waals surface area contributed by atoms with Crippen molar-refractivity contribution in [2.24, 2.45) is 7.05 Å². The number of hydrogen-bond acceptors (Lipinski definition) is 3. The molecule has 0 spiro atoms. The lowest BCUT2D eigenvalue weighted by Gasteiger charge is -2.08. The Kier molecular flexibility index (Phi) is 3.85. The molecule has 0 aliphatic rings. The van der Waals surface area contributed by atoms with Crippen LogP contribution in [0.1, 0.15) is 10.5 Å². The molecule has 0 saturated heterocycles. The Balaban J connectivity index is 1.65. The molecule has 0 unspecified atom stereocenters. The van der Waals surface area contributed by atoms with Crippen LogP contribution in [0, 0.1) is 0 Å². The van der Waals surface area contributed by atoms with Gasteiger partial charge >= 0.3 is 0 Å². The first-order valence-corrected chi connectivity index (χ1v) is 8.13. The van der Waals surface area contributed by atoms with Crippen molar-refractivity contribution in [2.75, 3.05) is 5.32 Å². The normalized spacial score (nSPS) is 10.8. The van der Waals surface area contributed by atoms with Crippen LogP contribution in [-0.2, 0) is 7.05 Å². The van der Waals surface area contributed by atoms with Crippen LogP contribution in [0.2, 0.25) is 0 Å². The number of H-pyrrole nitrogens is 1. The topological polar surface area (TPSA) is 79.8 Å². The second-order valence-electron chi connectivity index (χ2n) is 6.00. The van der Waals surface area contributed by atoms with Gasteiger partial charge in [-0.2, -0.15) is 0 Å². The van der Waals surface area contributed by atoms with Crippen molar-refractivity contribution in [3.05, 3.63) is 83.0 Å². The van der Waals surface area contributed by atoms with Crippen molar-refractivity contribution in [2.45, 2.75) is 0 Å². The summed E-state index contributed by atoms with van der Waals surface area (Å²) in [6.45, 7) is 0. The molecular weight excluding hydrogens is 328 g/mol. The lowest BCUT2D eigenvalue weighted by molar-refractivity contribution is 0.102. The van der Waals surface area contributed by atoms with Gasteiger partial charge in [-0.25, -0.2) is 4.98 Å². The minimum absolute atomic E-state index is 0.219. The number of amides is 1. The van der Waals surface area contributed by atoms with E-state index in [1.165, 1.54) is 0 Å². The van der Waals surface area contributed by atoms with Gasteiger partial charge in [0, 0.05) is 36.1 Å². The number of fused-ring (bicyclic) bond motifs is 1. The van der Waals surface area contributed by atoms with Crippen LogP contribution in [0.5, 0.6) is 0 Å². The SMILES string of the molecule is Cn1ccnc1-c1cccc(NC(=O)c2cc3ccccc3c(=O)[nH]2)c1. The van der Waals surface area contributed by atoms with E-state index in [9.17, 15) is 9.59 Å². The van der Waals surface area contributed by atoms with Gasteiger partial charge in [-0.3, -0.25) is 9.59 Å². The maximum absolute atomic E-state index is 12.6. The molecule has 4 aromatic rings. The zero-order valence-electron chi connectivity index (χ0n) is 14.1. The van der Waals surface area contributed by atoms with Gasteiger partial charge < -0.3 is 14.9 Å². The fraction of sp³-hybridized carbons (Fsp3) is 0.0500. The standard InChI is InChI=1S/C20H16N4O2/c1-24-10-9-21-18(24)14-6-4-7-15(11-14)22-20(26)17-12-13-5-2-3-8-16(13)19(25)23-17/h2-12H,1H3,(H,22,26)(H,23,25). The molecular formula is C20H16N4O2. The molecule has 0 fully saturated rings. The molecule has 2 N–H and O–H groups in total. The van der Waals surface area contributed by atoms with Crippen molar-refractivity contribution in [1.29, 1.82) is 0 Å². The smallest absolute Gasteiger partial charge is 0.272 e. The third-order valence-electron chi connectivity index (χ3n) is 4.20. The molecule has 6 heteroatoms. The quantitative estimate of drug-likeness (QED) is 0.599. The van der Waals surface area contributed by atoms with E-state index in [-0.39, 0.29) is 17.2 Å². The lowest BCUT2D eigenvalue weighted by atomic mass is 10.1. The summed E-state index contributed by atoms with van der Waals surface area (Å²) in [6.07, 6.45) is 3.58. The van der Waals surface area contributed by atoms with E-state index >= 15 is 0 Å². The number of aromatic nitrogens is 3. The maximum atomic E-state index is 12.6. The summed E-state index contributed by atoms with van der Waals surface area (Å²) in [7, 11) is 1.91. The highest BCUT2D eigenvalue weighted by Gasteiger charge is 2.11. The van der Waals surface area contributed by atoms with Crippen molar-refractivity contribution in [3.8, 4) is 11.4 Å². The Morgan fingerprint density at radius 1 is 1.12 bits per heavy atom. The molecule has 2 aromatic heterocycles. The van der Waals surface area contributed by atoms with E-state index in [0.717, 1.165) is 16.8 Å². The zero-order valence-corrected chi connectivity index (χ0v) is 14.1. The van der Waals surface area contributed by atoms with Gasteiger partial charge in [-0.05, 0) is 29.7 Å². The molecule has 128 valence electrons. The minimum Gasteiger partial charge on any atom is -0.334 e. The van der Waals surface area contributed by atoms with Crippen molar-refractivity contribution in [1.82, 2.24) is 14.5 Å². The molecule has 4 rings (SSSR count). The first kappa shape index (κ1) is 15.8. The lowest BCUT2D eigenvalue weighted by Crippen LogP contribution is -2.18. The number of aromatic amines is 1. The zero-order chi connectivity index (χ0) is 18.1. The number of aryl methyl sites for hydroxylation is 1. The number of hydrogen-bond donors (Lipinski definition) is 2. The summed E-state index contributed by atoms with van der Waals surface area (Å²) >= 11 is 0. The molecule has 2 heterocycles. The van der Waals surface area contributed by atoms with Crippen LogP contribution >= 0.6 is 0 Å². The number of imidazole rings is 1. The number of carbonyl (C=O) groups excluding carboxylic acids is 1. The van der Waals surface area contributed by atoms with E-state index in [1.54, 1.807) is 30.5 Å². The Bertz CT molecular complexity index is 1170. The van der Waals surface area contributed by atoms with Crippen molar-refractivity contribution < 1.29 is 4.79 Å². The molecule has 0 aliphatic heterocycles. The highest BCUT2D eigenvalue weighted by atomic mass is 16.2. The fourth-order valence-electron chi connectivity index (χ4n) is 2.91. The van der Waals surface area contributed by atoms with E-state index in [1.807, 2.05) is 48.1 Å². The molecule has 6 nitrogen and oxygen atoms in total. The van der Waals surface area contributed by atoms with Gasteiger partial charge in [0.25, 0.3) is 11.5 Å². The van der Waals surface area contributed by atoms with Crippen molar-refractivity contribution >= 4 is 22.4 Å². The largest absolute Gasteiger partial charge is 0.334 e. The number of nitrogens with zero attached hydrogens (tertiary/aromatic N) is 2. The Labute approximate surface area is 149 Å². The highest BCUT2D eigenvalue weighted by molar-refractivity contribution is 6.04. The first-order valence-electron chi connectivity index (χ1n) is 8.13. The summed E-state index contributed by atoms with van der Waals surface area (Å²) in [5.74, 6) is 0.435. The highest BCUT2D eigenvalue weighted by Crippen LogP contribution is 2.21. The van der Waals surface area contributed by atoms with Gasteiger partial charge in [-0.15, -0.1) is 0 Å². The molecule has 0 saturated carbocycles. The molecule has 0 radical (unpaired) electrons. The summed E-state index contributed by atoms with van der Waals surface area (Å²) in [5, 5.41) is 4.11. The average Bonchev–Trinajstić information content (AvgIpc) is 3.08. The third kappa shape index (κ3) is 2.88. The van der Waals surface area contributed by atoms with Crippen molar-refractivity contribution in [3.63, 3.8) is 0 Å². The molecule has 0 atom stereocenters. The van der Waals surface area contributed by atoms with Crippen LogP contribution in [0.15, 0.2) is 71.8 Å². The molecule has 26 heavy (non-hydrogen) atoms. The fourth-order valence-corrected chi connectivity index (χ4v) is 2.91. The van der Waals surface area contributed by atoms with Gasteiger partial charge in [0.05, 0.1) is 0 Å². The number of pyridine rings is 1. The van der Waals surface area contributed by atoms with E-state index < -0.39 is 0 Å². The van der Waals surface area contributed by atoms with Crippen LogP contribution in [0.3, 0.4) is 0 Å². The number of benzene rings is 2. The Morgan fingerprint density at radius 2 is 1.96 bits per heavy atom. The summed E-state index contributed by atoms with van der Waals surface area (Å²) in [6, 6.07) is 16.3. The number of anilines is 1. The Morgan fingerprint density at radius 3 is 2.77 bits per heavy atom. The summed E-state index contributed by atoms with van der Waals surface area (Å²) in [4.78, 5) is 31.7. The van der Waals surface area contributed by atoms with Crippen LogP contribution in [0.4, 0.5) is 5.69 Å². The second-order valence-corrected chi connectivity index (χ2v) is 6.00. The molecule has 0 bridgehead atoms. The first-order chi connectivity index (χ1) is 12.6. The average molecular weight is 344 g/mol. The van der Waals surface area contributed by atoms with Crippen LogP contribution in [-0.4, -0.2) is 20.4 Å². The second kappa shape index (κ2) is 6.33. The van der Waals surface area contributed by atoms with Crippen LogP contribution in [0.25, 0.3) is 22.2 Å². The maximum Gasteiger partial charge on any atom is 0.272 e. The molecule has 1 amide bonds. The predicted molar refractivity (Wildman–Crippen MR) is 101 cm³/mol. The van der Waals surface area contributed by atoms with Crippen LogP contribution < -0.4 is 10.9 Å². The monoisotopic (exact) mass is 344 g/mol. The molecule has 0 aliphatic carbocycles.